The zero-order valence-corrected chi connectivity index (χ0v) is 19.6. The van der Waals surface area contributed by atoms with Gasteiger partial charge in [0.2, 0.25) is 15.9 Å². The number of amides is 1. The largest absolute Gasteiger partial charge is 0.346 e. The zero-order valence-electron chi connectivity index (χ0n) is 18.8. The molecule has 33 heavy (non-hydrogen) atoms. The number of imidazole rings is 1. The molecular weight excluding hydrogens is 443 g/mol. The van der Waals surface area contributed by atoms with Gasteiger partial charge in [-0.1, -0.05) is 38.1 Å². The lowest BCUT2D eigenvalue weighted by Gasteiger charge is -2.31. The number of fused-ring (bicyclic) bond motifs is 1. The lowest BCUT2D eigenvalue weighted by Crippen LogP contribution is -2.44. The molecule has 0 aliphatic carbocycles. The molecule has 0 radical (unpaired) electrons. The molecule has 9 heteroatoms. The predicted octanol–water partition coefficient (Wildman–Crippen LogP) is 4.01. The standard InChI is InChI=1S/C24H29FN4O3S/c1-16(2)15-21(23-26-19-8-4-5-9-20(19)27-23)28-24(30)17-11-13-29(14-12-17)33(31,32)22-10-6-3-7-18(22)25/h3-10,16-17,21H,11-15H2,1-2H3,(H,26,27)(H,28,30)/t21-/m0/s1. The predicted molar refractivity (Wildman–Crippen MR) is 124 cm³/mol. The molecule has 1 aliphatic heterocycles. The minimum absolute atomic E-state index is 0.107. The Morgan fingerprint density at radius 2 is 1.82 bits per heavy atom. The number of halogens is 1. The summed E-state index contributed by atoms with van der Waals surface area (Å²) in [4.78, 5) is 20.7. The maximum atomic E-state index is 14.1. The van der Waals surface area contributed by atoms with Crippen LogP contribution in [0.4, 0.5) is 4.39 Å². The van der Waals surface area contributed by atoms with Crippen LogP contribution in [-0.2, 0) is 14.8 Å². The van der Waals surface area contributed by atoms with Crippen molar-refractivity contribution < 1.29 is 17.6 Å². The van der Waals surface area contributed by atoms with Crippen LogP contribution in [0.1, 0.15) is 45.0 Å². The number of H-pyrrole nitrogens is 1. The van der Waals surface area contributed by atoms with Gasteiger partial charge < -0.3 is 10.3 Å². The van der Waals surface area contributed by atoms with Gasteiger partial charge in [0.15, 0.2) is 0 Å². The Kier molecular flexibility index (Phi) is 6.81. The lowest BCUT2D eigenvalue weighted by molar-refractivity contribution is -0.127. The summed E-state index contributed by atoms with van der Waals surface area (Å²) < 4.78 is 41.0. The Hall–Kier alpha value is -2.78. The van der Waals surface area contributed by atoms with Crippen molar-refractivity contribution in [3.8, 4) is 0 Å². The van der Waals surface area contributed by atoms with Crippen molar-refractivity contribution in [3.63, 3.8) is 0 Å². The number of nitrogens with one attached hydrogen (secondary N) is 2. The van der Waals surface area contributed by atoms with E-state index >= 15 is 0 Å². The van der Waals surface area contributed by atoms with E-state index in [-0.39, 0.29) is 35.9 Å². The van der Waals surface area contributed by atoms with Crippen molar-refractivity contribution in [3.05, 3.63) is 60.2 Å². The second-order valence-corrected chi connectivity index (χ2v) is 10.8. The Bertz CT molecular complexity index is 1200. The molecule has 2 N–H and O–H groups in total. The van der Waals surface area contributed by atoms with Gasteiger partial charge in [0, 0.05) is 19.0 Å². The first-order chi connectivity index (χ1) is 15.8. The molecule has 0 saturated carbocycles. The van der Waals surface area contributed by atoms with Gasteiger partial charge in [-0.25, -0.2) is 17.8 Å². The third-order valence-corrected chi connectivity index (χ3v) is 7.97. The summed E-state index contributed by atoms with van der Waals surface area (Å²) in [5.41, 5.74) is 1.77. The summed E-state index contributed by atoms with van der Waals surface area (Å²) in [6, 6.07) is 12.8. The van der Waals surface area contributed by atoms with E-state index in [4.69, 9.17) is 0 Å². The quantitative estimate of drug-likeness (QED) is 0.543. The van der Waals surface area contributed by atoms with Gasteiger partial charge in [0.25, 0.3) is 0 Å². The first-order valence-electron chi connectivity index (χ1n) is 11.3. The highest BCUT2D eigenvalue weighted by Crippen LogP contribution is 2.27. The molecule has 1 saturated heterocycles. The zero-order chi connectivity index (χ0) is 23.6. The number of carbonyl (C=O) groups excluding carboxylic acids is 1. The summed E-state index contributed by atoms with van der Waals surface area (Å²) in [6.07, 6.45) is 1.49. The highest BCUT2D eigenvalue weighted by molar-refractivity contribution is 7.89. The molecule has 1 atom stereocenters. The molecule has 0 bridgehead atoms. The van der Waals surface area contributed by atoms with Crippen molar-refractivity contribution in [2.45, 2.75) is 44.0 Å². The number of aromatic amines is 1. The first-order valence-corrected chi connectivity index (χ1v) is 12.7. The number of nitrogens with zero attached hydrogens (tertiary/aromatic N) is 2. The lowest BCUT2D eigenvalue weighted by atomic mass is 9.95. The van der Waals surface area contributed by atoms with Gasteiger partial charge in [-0.15, -0.1) is 0 Å². The summed E-state index contributed by atoms with van der Waals surface area (Å²) in [5, 5.41) is 3.13. The van der Waals surface area contributed by atoms with Crippen LogP contribution in [0, 0.1) is 17.7 Å². The van der Waals surface area contributed by atoms with Crippen LogP contribution in [0.5, 0.6) is 0 Å². The van der Waals surface area contributed by atoms with Crippen LogP contribution in [0.3, 0.4) is 0 Å². The average Bonchev–Trinajstić information content (AvgIpc) is 3.23. The van der Waals surface area contributed by atoms with Gasteiger partial charge >= 0.3 is 0 Å². The maximum absolute atomic E-state index is 14.1. The molecule has 1 aromatic heterocycles. The maximum Gasteiger partial charge on any atom is 0.245 e. The van der Waals surface area contributed by atoms with Gasteiger partial charge in [0.1, 0.15) is 16.5 Å². The van der Waals surface area contributed by atoms with E-state index < -0.39 is 15.8 Å². The van der Waals surface area contributed by atoms with Gasteiger partial charge in [-0.2, -0.15) is 4.31 Å². The molecule has 3 aromatic rings. The third kappa shape index (κ3) is 5.09. The minimum Gasteiger partial charge on any atom is -0.346 e. The minimum atomic E-state index is -3.93. The molecule has 0 spiro atoms. The molecule has 1 aliphatic rings. The molecule has 7 nitrogen and oxygen atoms in total. The summed E-state index contributed by atoms with van der Waals surface area (Å²) in [6.45, 7) is 4.53. The number of piperidine rings is 1. The topological polar surface area (TPSA) is 95.2 Å². The monoisotopic (exact) mass is 472 g/mol. The average molecular weight is 473 g/mol. The van der Waals surface area contributed by atoms with E-state index in [2.05, 4.69) is 29.1 Å². The highest BCUT2D eigenvalue weighted by Gasteiger charge is 2.34. The second-order valence-electron chi connectivity index (χ2n) is 8.94. The van der Waals surface area contributed by atoms with E-state index in [0.29, 0.717) is 18.8 Å². The molecule has 2 aromatic carbocycles. The van der Waals surface area contributed by atoms with Crippen LogP contribution >= 0.6 is 0 Å². The smallest absolute Gasteiger partial charge is 0.245 e. The van der Waals surface area contributed by atoms with Crippen molar-refractivity contribution in [2.24, 2.45) is 11.8 Å². The fourth-order valence-corrected chi connectivity index (χ4v) is 5.82. The molecular formula is C24H29FN4O3S. The number of carbonyl (C=O) groups is 1. The number of rotatable bonds is 7. The number of sulfonamides is 1. The van der Waals surface area contributed by atoms with Crippen molar-refractivity contribution >= 4 is 27.0 Å². The van der Waals surface area contributed by atoms with Crippen molar-refractivity contribution in [1.29, 1.82) is 0 Å². The molecule has 1 fully saturated rings. The van der Waals surface area contributed by atoms with E-state index in [1.54, 1.807) is 0 Å². The van der Waals surface area contributed by atoms with E-state index in [1.807, 2.05) is 24.3 Å². The van der Waals surface area contributed by atoms with Gasteiger partial charge in [-0.3, -0.25) is 4.79 Å². The van der Waals surface area contributed by atoms with E-state index in [9.17, 15) is 17.6 Å². The van der Waals surface area contributed by atoms with Gasteiger partial charge in [0.05, 0.1) is 17.1 Å². The SMILES string of the molecule is CC(C)C[C@H](NC(=O)C1CCN(S(=O)(=O)c2ccccc2F)CC1)c1nc2ccccc2[nH]1. The molecule has 0 unspecified atom stereocenters. The van der Waals surface area contributed by atoms with Crippen LogP contribution in [0.25, 0.3) is 11.0 Å². The Morgan fingerprint density at radius 3 is 2.48 bits per heavy atom. The van der Waals surface area contributed by atoms with Crippen molar-refractivity contribution in [1.82, 2.24) is 19.6 Å². The van der Waals surface area contributed by atoms with E-state index in [0.717, 1.165) is 29.3 Å². The van der Waals surface area contributed by atoms with Crippen LogP contribution < -0.4 is 5.32 Å². The van der Waals surface area contributed by atoms with Crippen LogP contribution in [-0.4, -0.2) is 41.7 Å². The molecule has 176 valence electrons. The number of hydrogen-bond acceptors (Lipinski definition) is 4. The first kappa shape index (κ1) is 23.4. The number of hydrogen-bond donors (Lipinski definition) is 2. The second kappa shape index (κ2) is 9.61. The summed E-state index contributed by atoms with van der Waals surface area (Å²) >= 11 is 0. The van der Waals surface area contributed by atoms with Crippen molar-refractivity contribution in [2.75, 3.05) is 13.1 Å². The highest BCUT2D eigenvalue weighted by atomic mass is 32.2. The number of aromatic nitrogens is 2. The molecule has 2 heterocycles. The number of benzene rings is 2. The number of para-hydroxylation sites is 2. The van der Waals surface area contributed by atoms with Gasteiger partial charge in [-0.05, 0) is 49.4 Å². The Morgan fingerprint density at radius 1 is 1.15 bits per heavy atom. The fourth-order valence-electron chi connectivity index (χ4n) is 4.29. The van der Waals surface area contributed by atoms with Crippen LogP contribution in [0.2, 0.25) is 0 Å². The fraction of sp³-hybridized carbons (Fsp3) is 0.417. The Labute approximate surface area is 193 Å². The molecule has 1 amide bonds. The summed E-state index contributed by atoms with van der Waals surface area (Å²) in [7, 11) is -3.93. The normalized spacial score (nSPS) is 16.8. The Balaban J connectivity index is 1.43. The summed E-state index contributed by atoms with van der Waals surface area (Å²) in [5.74, 6) is -0.117. The van der Waals surface area contributed by atoms with E-state index in [1.165, 1.54) is 22.5 Å². The molecule has 4 rings (SSSR count). The van der Waals surface area contributed by atoms with Crippen LogP contribution in [0.15, 0.2) is 53.4 Å². The third-order valence-electron chi connectivity index (χ3n) is 6.04.